The van der Waals surface area contributed by atoms with Gasteiger partial charge in [0, 0.05) is 29.0 Å². The molecule has 0 saturated carbocycles. The highest BCUT2D eigenvalue weighted by atomic mass is 16.5. The summed E-state index contributed by atoms with van der Waals surface area (Å²) in [5.41, 5.74) is 5.10. The lowest BCUT2D eigenvalue weighted by Crippen LogP contribution is -1.95. The Labute approximate surface area is 146 Å². The van der Waals surface area contributed by atoms with Gasteiger partial charge >= 0.3 is 0 Å². The lowest BCUT2D eigenvalue weighted by molar-refractivity contribution is 0.415. The van der Waals surface area contributed by atoms with Crippen LogP contribution in [0.1, 0.15) is 5.69 Å². The van der Waals surface area contributed by atoms with Crippen LogP contribution in [-0.2, 0) is 0 Å². The second-order valence-electron chi connectivity index (χ2n) is 5.83. The number of aromatic nitrogens is 3. The van der Waals surface area contributed by atoms with Crippen molar-refractivity contribution < 1.29 is 4.74 Å². The Bertz CT molecular complexity index is 1050. The third kappa shape index (κ3) is 2.94. The first-order valence-electron chi connectivity index (χ1n) is 8.08. The number of aryl methyl sites for hydroxylation is 1. The normalized spacial score (nSPS) is 10.8. The van der Waals surface area contributed by atoms with E-state index in [0.29, 0.717) is 0 Å². The van der Waals surface area contributed by atoms with Gasteiger partial charge in [0.2, 0.25) is 0 Å². The molecular formula is C21H17N3O. The molecule has 0 spiro atoms. The molecule has 0 amide bonds. The van der Waals surface area contributed by atoms with E-state index >= 15 is 0 Å². The summed E-state index contributed by atoms with van der Waals surface area (Å²) in [5, 5.41) is 1.05. The summed E-state index contributed by atoms with van der Waals surface area (Å²) in [7, 11) is 1.68. The van der Waals surface area contributed by atoms with Crippen molar-refractivity contribution >= 4 is 10.9 Å². The molecule has 0 unspecified atom stereocenters. The third-order valence-electron chi connectivity index (χ3n) is 4.23. The van der Waals surface area contributed by atoms with Crippen molar-refractivity contribution in [1.29, 1.82) is 0 Å². The van der Waals surface area contributed by atoms with Gasteiger partial charge in [-0.1, -0.05) is 18.2 Å². The Morgan fingerprint density at radius 2 is 1.60 bits per heavy atom. The van der Waals surface area contributed by atoms with Gasteiger partial charge in [0.05, 0.1) is 12.6 Å². The lowest BCUT2D eigenvalue weighted by atomic mass is 10.0. The molecule has 25 heavy (non-hydrogen) atoms. The molecule has 4 heteroatoms. The van der Waals surface area contributed by atoms with Crippen LogP contribution in [0.25, 0.3) is 33.4 Å². The van der Waals surface area contributed by atoms with Crippen LogP contribution < -0.4 is 4.74 Å². The van der Waals surface area contributed by atoms with Crippen LogP contribution in [0, 0.1) is 6.92 Å². The Morgan fingerprint density at radius 3 is 2.40 bits per heavy atom. The number of methoxy groups -OCH3 is 1. The topological polar surface area (TPSA) is 47.9 Å². The molecule has 0 aliphatic rings. The minimum Gasteiger partial charge on any atom is -0.497 e. The Morgan fingerprint density at radius 1 is 0.800 bits per heavy atom. The second-order valence-corrected chi connectivity index (χ2v) is 5.83. The molecular weight excluding hydrogens is 310 g/mol. The zero-order chi connectivity index (χ0) is 17.2. The number of nitrogens with zero attached hydrogens (tertiary/aromatic N) is 3. The molecule has 0 radical (unpaired) electrons. The first-order valence-corrected chi connectivity index (χ1v) is 8.08. The molecule has 0 aliphatic heterocycles. The molecule has 4 rings (SSSR count). The molecule has 0 aliphatic carbocycles. The molecule has 0 bridgehead atoms. The van der Waals surface area contributed by atoms with Crippen molar-refractivity contribution in [3.63, 3.8) is 0 Å². The number of hydrogen-bond donors (Lipinski definition) is 0. The summed E-state index contributed by atoms with van der Waals surface area (Å²) in [4.78, 5) is 13.4. The number of hydrogen-bond acceptors (Lipinski definition) is 4. The number of benzene rings is 2. The Kier molecular flexibility index (Phi) is 3.86. The zero-order valence-corrected chi connectivity index (χ0v) is 14.1. The zero-order valence-electron chi connectivity index (χ0n) is 14.1. The SMILES string of the molecule is COc1cccc(-c2ccc3nc(-c4ccncc4)nc(C)c3c2)c1. The maximum absolute atomic E-state index is 5.32. The molecule has 122 valence electrons. The van der Waals surface area contributed by atoms with E-state index in [2.05, 4.69) is 28.2 Å². The predicted molar refractivity (Wildman–Crippen MR) is 99.5 cm³/mol. The second kappa shape index (κ2) is 6.32. The van der Waals surface area contributed by atoms with Gasteiger partial charge < -0.3 is 4.74 Å². The minimum absolute atomic E-state index is 0.724. The summed E-state index contributed by atoms with van der Waals surface area (Å²) >= 11 is 0. The van der Waals surface area contributed by atoms with Crippen molar-refractivity contribution in [3.8, 4) is 28.3 Å². The highest BCUT2D eigenvalue weighted by molar-refractivity contribution is 5.87. The van der Waals surface area contributed by atoms with Crippen molar-refractivity contribution in [1.82, 2.24) is 15.0 Å². The van der Waals surface area contributed by atoms with Gasteiger partial charge in [-0.05, 0) is 54.4 Å². The average molecular weight is 327 g/mol. The summed E-state index contributed by atoms with van der Waals surface area (Å²) in [5.74, 6) is 1.57. The molecule has 2 heterocycles. The van der Waals surface area contributed by atoms with Gasteiger partial charge in [-0.15, -0.1) is 0 Å². The lowest BCUT2D eigenvalue weighted by Gasteiger charge is -2.09. The van der Waals surface area contributed by atoms with E-state index in [-0.39, 0.29) is 0 Å². The van der Waals surface area contributed by atoms with Gasteiger partial charge in [-0.3, -0.25) is 4.98 Å². The summed E-state index contributed by atoms with van der Waals surface area (Å²) in [6.45, 7) is 2.02. The highest BCUT2D eigenvalue weighted by Gasteiger charge is 2.08. The van der Waals surface area contributed by atoms with E-state index in [1.807, 2.05) is 43.3 Å². The fourth-order valence-corrected chi connectivity index (χ4v) is 2.89. The van der Waals surface area contributed by atoms with E-state index in [1.54, 1.807) is 19.5 Å². The minimum atomic E-state index is 0.724. The van der Waals surface area contributed by atoms with Crippen molar-refractivity contribution in [2.24, 2.45) is 0 Å². The predicted octanol–water partition coefficient (Wildman–Crippen LogP) is 4.68. The molecule has 0 atom stereocenters. The molecule has 2 aromatic carbocycles. The molecule has 0 saturated heterocycles. The fourth-order valence-electron chi connectivity index (χ4n) is 2.89. The van der Waals surface area contributed by atoms with Crippen LogP contribution in [-0.4, -0.2) is 22.1 Å². The standard InChI is InChI=1S/C21H17N3O/c1-14-19-13-17(16-4-3-5-18(12-16)25-2)6-7-20(19)24-21(23-14)15-8-10-22-11-9-15/h3-13H,1-2H3. The van der Waals surface area contributed by atoms with Gasteiger partial charge in [0.25, 0.3) is 0 Å². The van der Waals surface area contributed by atoms with Crippen LogP contribution in [0.15, 0.2) is 67.0 Å². The molecule has 4 nitrogen and oxygen atoms in total. The van der Waals surface area contributed by atoms with Crippen molar-refractivity contribution in [2.45, 2.75) is 6.92 Å². The Balaban J connectivity index is 1.83. The van der Waals surface area contributed by atoms with E-state index in [9.17, 15) is 0 Å². The van der Waals surface area contributed by atoms with Crippen LogP contribution >= 0.6 is 0 Å². The smallest absolute Gasteiger partial charge is 0.160 e. The molecule has 2 aromatic heterocycles. The fraction of sp³-hybridized carbons (Fsp3) is 0.0952. The van der Waals surface area contributed by atoms with Crippen LogP contribution in [0.3, 0.4) is 0 Å². The van der Waals surface area contributed by atoms with Crippen LogP contribution in [0.5, 0.6) is 5.75 Å². The van der Waals surface area contributed by atoms with Gasteiger partial charge in [-0.2, -0.15) is 0 Å². The molecule has 0 N–H and O–H groups in total. The number of rotatable bonds is 3. The van der Waals surface area contributed by atoms with Gasteiger partial charge in [0.15, 0.2) is 5.82 Å². The first-order chi connectivity index (χ1) is 12.2. The quantitative estimate of drug-likeness (QED) is 0.548. The molecule has 4 aromatic rings. The monoisotopic (exact) mass is 327 g/mol. The van der Waals surface area contributed by atoms with Gasteiger partial charge in [0.1, 0.15) is 5.75 Å². The van der Waals surface area contributed by atoms with Crippen LogP contribution in [0.4, 0.5) is 0 Å². The first kappa shape index (κ1) is 15.3. The summed E-state index contributed by atoms with van der Waals surface area (Å²) in [6, 6.07) is 18.2. The largest absolute Gasteiger partial charge is 0.497 e. The summed E-state index contributed by atoms with van der Waals surface area (Å²) in [6.07, 6.45) is 3.51. The number of pyridine rings is 1. The highest BCUT2D eigenvalue weighted by Crippen LogP contribution is 2.28. The molecule has 0 fully saturated rings. The van der Waals surface area contributed by atoms with Crippen molar-refractivity contribution in [2.75, 3.05) is 7.11 Å². The Hall–Kier alpha value is -3.27. The van der Waals surface area contributed by atoms with Crippen LogP contribution in [0.2, 0.25) is 0 Å². The van der Waals surface area contributed by atoms with E-state index in [0.717, 1.165) is 44.9 Å². The van der Waals surface area contributed by atoms with E-state index < -0.39 is 0 Å². The summed E-state index contributed by atoms with van der Waals surface area (Å²) < 4.78 is 5.32. The number of fused-ring (bicyclic) bond motifs is 1. The van der Waals surface area contributed by atoms with Gasteiger partial charge in [-0.25, -0.2) is 9.97 Å². The maximum atomic E-state index is 5.32. The maximum Gasteiger partial charge on any atom is 0.160 e. The van der Waals surface area contributed by atoms with E-state index in [1.165, 1.54) is 0 Å². The number of ether oxygens (including phenoxy) is 1. The average Bonchev–Trinajstić information content (AvgIpc) is 2.68. The van der Waals surface area contributed by atoms with E-state index in [4.69, 9.17) is 9.72 Å². The van der Waals surface area contributed by atoms with Crippen molar-refractivity contribution in [3.05, 3.63) is 72.7 Å². The third-order valence-corrected chi connectivity index (χ3v) is 4.23.